The molecule has 0 radical (unpaired) electrons. The van der Waals surface area contributed by atoms with Crippen LogP contribution in [0.15, 0.2) is 30.3 Å². The van der Waals surface area contributed by atoms with Crippen LogP contribution in [0, 0.1) is 0 Å². The number of carbonyl (C=O) groups is 2. The van der Waals surface area contributed by atoms with Crippen molar-refractivity contribution in [1.29, 1.82) is 0 Å². The number of hydrogen-bond acceptors (Lipinski definition) is 3. The topological polar surface area (TPSA) is 69.9 Å². The summed E-state index contributed by atoms with van der Waals surface area (Å²) in [6.07, 6.45) is 0. The highest BCUT2D eigenvalue weighted by Gasteiger charge is 2.28. The number of amides is 3. The van der Waals surface area contributed by atoms with Gasteiger partial charge in [-0.3, -0.25) is 4.79 Å². The Hall–Kier alpha value is -2.08. The normalized spacial score (nSPS) is 16.5. The highest BCUT2D eigenvalue weighted by Crippen LogP contribution is 2.14. The number of hydrogen-bond donors (Lipinski definition) is 1. The molecule has 2 rings (SSSR count). The zero-order chi connectivity index (χ0) is 15.4. The van der Waals surface area contributed by atoms with Crippen molar-refractivity contribution in [3.05, 3.63) is 35.9 Å². The van der Waals surface area contributed by atoms with Crippen molar-refractivity contribution < 1.29 is 9.59 Å². The zero-order valence-electron chi connectivity index (χ0n) is 12.5. The van der Waals surface area contributed by atoms with Crippen LogP contribution in [0.25, 0.3) is 0 Å². The molecule has 6 heteroatoms. The van der Waals surface area contributed by atoms with E-state index in [2.05, 4.69) is 0 Å². The molecule has 2 N–H and O–H groups in total. The first-order valence-electron chi connectivity index (χ1n) is 7.06. The SMILES string of the molecule is CN(C)C(=O)N1CCN(C(=O)[C@@H](N)c2ccccc2)CC1. The molecule has 0 saturated carbocycles. The van der Waals surface area contributed by atoms with Crippen LogP contribution in [-0.2, 0) is 4.79 Å². The molecule has 1 aliphatic rings. The summed E-state index contributed by atoms with van der Waals surface area (Å²) in [5, 5.41) is 0. The van der Waals surface area contributed by atoms with Gasteiger partial charge in [0.25, 0.3) is 0 Å². The fourth-order valence-corrected chi connectivity index (χ4v) is 2.40. The van der Waals surface area contributed by atoms with E-state index < -0.39 is 6.04 Å². The van der Waals surface area contributed by atoms with Gasteiger partial charge in [-0.1, -0.05) is 30.3 Å². The van der Waals surface area contributed by atoms with Crippen molar-refractivity contribution in [3.8, 4) is 0 Å². The molecule has 21 heavy (non-hydrogen) atoms. The zero-order valence-corrected chi connectivity index (χ0v) is 12.5. The van der Waals surface area contributed by atoms with Gasteiger partial charge in [-0.05, 0) is 5.56 Å². The van der Waals surface area contributed by atoms with Gasteiger partial charge in [-0.15, -0.1) is 0 Å². The monoisotopic (exact) mass is 290 g/mol. The van der Waals surface area contributed by atoms with E-state index >= 15 is 0 Å². The number of benzene rings is 1. The lowest BCUT2D eigenvalue weighted by Gasteiger charge is -2.36. The van der Waals surface area contributed by atoms with E-state index in [1.54, 1.807) is 28.8 Å². The predicted molar refractivity (Wildman–Crippen MR) is 80.6 cm³/mol. The molecule has 0 aromatic heterocycles. The fraction of sp³-hybridized carbons (Fsp3) is 0.467. The molecule has 0 unspecified atom stereocenters. The van der Waals surface area contributed by atoms with Crippen molar-refractivity contribution in [1.82, 2.24) is 14.7 Å². The Morgan fingerprint density at radius 2 is 1.57 bits per heavy atom. The molecule has 1 aromatic carbocycles. The minimum atomic E-state index is -0.637. The summed E-state index contributed by atoms with van der Waals surface area (Å²) < 4.78 is 0. The van der Waals surface area contributed by atoms with Gasteiger partial charge in [0.2, 0.25) is 5.91 Å². The summed E-state index contributed by atoms with van der Waals surface area (Å²) in [4.78, 5) is 29.3. The molecular formula is C15H22N4O2. The van der Waals surface area contributed by atoms with Crippen LogP contribution in [0.4, 0.5) is 4.79 Å². The van der Waals surface area contributed by atoms with Gasteiger partial charge in [0.1, 0.15) is 6.04 Å². The molecule has 3 amide bonds. The molecule has 114 valence electrons. The number of rotatable bonds is 2. The third-order valence-corrected chi connectivity index (χ3v) is 3.67. The van der Waals surface area contributed by atoms with E-state index in [4.69, 9.17) is 5.73 Å². The number of piperazine rings is 1. The van der Waals surface area contributed by atoms with E-state index in [0.29, 0.717) is 26.2 Å². The number of carbonyl (C=O) groups excluding carboxylic acids is 2. The minimum absolute atomic E-state index is 0.0190. The Bertz CT molecular complexity index is 496. The number of nitrogens with two attached hydrogens (primary N) is 1. The molecule has 1 saturated heterocycles. The van der Waals surface area contributed by atoms with Gasteiger partial charge >= 0.3 is 6.03 Å². The smallest absolute Gasteiger partial charge is 0.319 e. The summed E-state index contributed by atoms with van der Waals surface area (Å²) >= 11 is 0. The van der Waals surface area contributed by atoms with Gasteiger partial charge in [-0.25, -0.2) is 4.79 Å². The standard InChI is InChI=1S/C15H22N4O2/c1-17(2)15(21)19-10-8-18(9-11-19)14(20)13(16)12-6-4-3-5-7-12/h3-7,13H,8-11,16H2,1-2H3/t13-/m0/s1. The van der Waals surface area contributed by atoms with Gasteiger partial charge in [-0.2, -0.15) is 0 Å². The second-order valence-corrected chi connectivity index (χ2v) is 5.38. The van der Waals surface area contributed by atoms with Crippen molar-refractivity contribution in [2.24, 2.45) is 5.73 Å². The average molecular weight is 290 g/mol. The Balaban J connectivity index is 1.93. The highest BCUT2D eigenvalue weighted by atomic mass is 16.2. The maximum Gasteiger partial charge on any atom is 0.319 e. The maximum absolute atomic E-state index is 12.4. The third kappa shape index (κ3) is 3.52. The Morgan fingerprint density at radius 1 is 1.05 bits per heavy atom. The molecule has 1 aromatic rings. The van der Waals surface area contributed by atoms with Crippen LogP contribution in [0.3, 0.4) is 0 Å². The van der Waals surface area contributed by atoms with Gasteiger partial charge < -0.3 is 20.4 Å². The van der Waals surface area contributed by atoms with E-state index in [1.165, 1.54) is 0 Å². The molecule has 0 aliphatic carbocycles. The van der Waals surface area contributed by atoms with E-state index in [9.17, 15) is 9.59 Å². The summed E-state index contributed by atoms with van der Waals surface area (Å²) in [6, 6.07) is 8.69. The first-order valence-corrected chi connectivity index (χ1v) is 7.06. The van der Waals surface area contributed by atoms with Crippen LogP contribution < -0.4 is 5.73 Å². The quantitative estimate of drug-likeness (QED) is 0.863. The molecule has 1 heterocycles. The minimum Gasteiger partial charge on any atom is -0.337 e. The lowest BCUT2D eigenvalue weighted by atomic mass is 10.1. The van der Waals surface area contributed by atoms with Crippen LogP contribution in [0.5, 0.6) is 0 Å². The summed E-state index contributed by atoms with van der Waals surface area (Å²) in [6.45, 7) is 2.15. The van der Waals surface area contributed by atoms with Crippen LogP contribution in [-0.4, -0.2) is 66.9 Å². The first-order chi connectivity index (χ1) is 10.0. The lowest BCUT2D eigenvalue weighted by Crippen LogP contribution is -2.54. The Labute approximate surface area is 125 Å². The van der Waals surface area contributed by atoms with Crippen LogP contribution in [0.1, 0.15) is 11.6 Å². The molecular weight excluding hydrogens is 268 g/mol. The van der Waals surface area contributed by atoms with Gasteiger partial charge in [0.15, 0.2) is 0 Å². The van der Waals surface area contributed by atoms with E-state index in [1.807, 2.05) is 30.3 Å². The molecule has 0 spiro atoms. The summed E-state index contributed by atoms with van der Waals surface area (Å²) in [5.74, 6) is -0.0850. The third-order valence-electron chi connectivity index (χ3n) is 3.67. The van der Waals surface area contributed by atoms with Crippen molar-refractivity contribution >= 4 is 11.9 Å². The Kier molecular flexibility index (Phi) is 4.80. The van der Waals surface area contributed by atoms with Crippen molar-refractivity contribution in [2.45, 2.75) is 6.04 Å². The largest absolute Gasteiger partial charge is 0.337 e. The molecule has 1 atom stereocenters. The van der Waals surface area contributed by atoms with Gasteiger partial charge in [0, 0.05) is 40.3 Å². The molecule has 1 fully saturated rings. The van der Waals surface area contributed by atoms with Gasteiger partial charge in [0.05, 0.1) is 0 Å². The summed E-state index contributed by atoms with van der Waals surface area (Å²) in [7, 11) is 3.45. The van der Waals surface area contributed by atoms with E-state index in [0.717, 1.165) is 5.56 Å². The predicted octanol–water partition coefficient (Wildman–Crippen LogP) is 0.512. The fourth-order valence-electron chi connectivity index (χ4n) is 2.40. The second-order valence-electron chi connectivity index (χ2n) is 5.38. The molecule has 1 aliphatic heterocycles. The molecule has 6 nitrogen and oxygen atoms in total. The molecule has 0 bridgehead atoms. The summed E-state index contributed by atoms with van der Waals surface area (Å²) in [5.41, 5.74) is 6.85. The van der Waals surface area contributed by atoms with Crippen LogP contribution in [0.2, 0.25) is 0 Å². The number of urea groups is 1. The lowest BCUT2D eigenvalue weighted by molar-refractivity contribution is -0.134. The highest BCUT2D eigenvalue weighted by molar-refractivity contribution is 5.83. The first kappa shape index (κ1) is 15.3. The average Bonchev–Trinajstić information content (AvgIpc) is 2.53. The van der Waals surface area contributed by atoms with Crippen LogP contribution >= 0.6 is 0 Å². The maximum atomic E-state index is 12.4. The Morgan fingerprint density at radius 3 is 2.10 bits per heavy atom. The van der Waals surface area contributed by atoms with Crippen molar-refractivity contribution in [2.75, 3.05) is 40.3 Å². The second kappa shape index (κ2) is 6.58. The van der Waals surface area contributed by atoms with E-state index in [-0.39, 0.29) is 11.9 Å². The number of nitrogens with zero attached hydrogens (tertiary/aromatic N) is 3. The van der Waals surface area contributed by atoms with Crippen molar-refractivity contribution in [3.63, 3.8) is 0 Å².